The molecule has 1 aliphatic carbocycles. The van der Waals surface area contributed by atoms with Crippen molar-refractivity contribution >= 4 is 5.97 Å². The van der Waals surface area contributed by atoms with Crippen LogP contribution >= 0.6 is 0 Å². The average Bonchev–Trinajstić information content (AvgIpc) is 2.46. The lowest BCUT2D eigenvalue weighted by atomic mass is 9.80. The minimum atomic E-state index is -0.367. The Hall–Kier alpha value is -0.610. The Kier molecular flexibility index (Phi) is 6.27. The first kappa shape index (κ1) is 17.7. The topological polar surface area (TPSA) is 55.6 Å². The molecule has 2 aliphatic rings. The van der Waals surface area contributed by atoms with Gasteiger partial charge in [0.25, 0.3) is 0 Å². The molecule has 0 amide bonds. The summed E-state index contributed by atoms with van der Waals surface area (Å²) in [6, 6.07) is 0. The molecule has 0 radical (unpaired) electrons. The molecule has 2 rings (SSSR count). The fraction of sp³-hybridized carbons (Fsp3) is 0.944. The van der Waals surface area contributed by atoms with Crippen LogP contribution in [0.4, 0.5) is 0 Å². The molecule has 0 aromatic rings. The van der Waals surface area contributed by atoms with Crippen molar-refractivity contribution in [3.05, 3.63) is 0 Å². The van der Waals surface area contributed by atoms with E-state index < -0.39 is 0 Å². The van der Waals surface area contributed by atoms with Crippen LogP contribution in [0, 0.1) is 17.8 Å². The molecule has 2 fully saturated rings. The first-order valence-electron chi connectivity index (χ1n) is 9.02. The molecule has 4 heteroatoms. The molecule has 128 valence electrons. The van der Waals surface area contributed by atoms with E-state index in [4.69, 9.17) is 10.5 Å². The molecule has 2 unspecified atom stereocenters. The van der Waals surface area contributed by atoms with E-state index in [1.165, 1.54) is 32.4 Å². The molecule has 0 aromatic carbocycles. The van der Waals surface area contributed by atoms with Gasteiger partial charge < -0.3 is 15.4 Å². The zero-order valence-electron chi connectivity index (χ0n) is 14.6. The van der Waals surface area contributed by atoms with Crippen LogP contribution in [-0.2, 0) is 9.53 Å². The molecule has 0 spiro atoms. The van der Waals surface area contributed by atoms with Crippen LogP contribution in [-0.4, -0.2) is 42.6 Å². The largest absolute Gasteiger partial charge is 0.460 e. The fourth-order valence-electron chi connectivity index (χ4n) is 3.83. The summed E-state index contributed by atoms with van der Waals surface area (Å²) in [4.78, 5) is 14.9. The number of hydrogen-bond donors (Lipinski definition) is 1. The summed E-state index contributed by atoms with van der Waals surface area (Å²) < 4.78 is 5.58. The number of carbonyl (C=O) groups is 1. The van der Waals surface area contributed by atoms with Crippen molar-refractivity contribution in [2.75, 3.05) is 26.2 Å². The van der Waals surface area contributed by atoms with Crippen LogP contribution < -0.4 is 5.73 Å². The zero-order valence-corrected chi connectivity index (χ0v) is 14.6. The standard InChI is InChI=1S/C18H34N2O2/c1-18(2,3)22-17(21)16-6-4-5-15(11-16)13-20-9-7-14(12-19)8-10-20/h14-16H,4-13,19H2,1-3H3. The van der Waals surface area contributed by atoms with Crippen LogP contribution in [0.5, 0.6) is 0 Å². The lowest BCUT2D eigenvalue weighted by molar-refractivity contribution is -0.161. The van der Waals surface area contributed by atoms with Gasteiger partial charge in [0.05, 0.1) is 5.92 Å². The van der Waals surface area contributed by atoms with Gasteiger partial charge in [-0.1, -0.05) is 6.42 Å². The fourth-order valence-corrected chi connectivity index (χ4v) is 3.83. The number of carbonyl (C=O) groups excluding carboxylic acids is 1. The molecule has 1 saturated heterocycles. The van der Waals surface area contributed by atoms with Gasteiger partial charge in [0.2, 0.25) is 0 Å². The number of nitrogens with zero attached hydrogens (tertiary/aromatic N) is 1. The van der Waals surface area contributed by atoms with E-state index in [1.54, 1.807) is 0 Å². The number of piperidine rings is 1. The molecule has 0 aromatic heterocycles. The normalized spacial score (nSPS) is 28.5. The minimum absolute atomic E-state index is 0.0130. The summed E-state index contributed by atoms with van der Waals surface area (Å²) in [7, 11) is 0. The van der Waals surface area contributed by atoms with E-state index in [0.717, 1.165) is 38.3 Å². The highest BCUT2D eigenvalue weighted by atomic mass is 16.6. The van der Waals surface area contributed by atoms with Gasteiger partial charge in [-0.3, -0.25) is 4.79 Å². The maximum Gasteiger partial charge on any atom is 0.309 e. The maximum absolute atomic E-state index is 12.3. The van der Waals surface area contributed by atoms with Gasteiger partial charge in [0, 0.05) is 6.54 Å². The Morgan fingerprint density at radius 3 is 2.41 bits per heavy atom. The molecule has 2 N–H and O–H groups in total. The van der Waals surface area contributed by atoms with Crippen LogP contribution in [0.25, 0.3) is 0 Å². The minimum Gasteiger partial charge on any atom is -0.460 e. The summed E-state index contributed by atoms with van der Waals surface area (Å²) in [6.45, 7) is 10.2. The Morgan fingerprint density at radius 2 is 1.82 bits per heavy atom. The van der Waals surface area contributed by atoms with Crippen LogP contribution in [0.3, 0.4) is 0 Å². The zero-order chi connectivity index (χ0) is 16.2. The summed E-state index contributed by atoms with van der Waals surface area (Å²) >= 11 is 0. The van der Waals surface area contributed by atoms with Crippen molar-refractivity contribution in [1.29, 1.82) is 0 Å². The molecule has 1 saturated carbocycles. The third kappa shape index (κ3) is 5.54. The van der Waals surface area contributed by atoms with Crippen molar-refractivity contribution in [2.24, 2.45) is 23.5 Å². The predicted octanol–water partition coefficient (Wildman–Crippen LogP) is 2.81. The highest BCUT2D eigenvalue weighted by Crippen LogP contribution is 2.32. The van der Waals surface area contributed by atoms with Crippen LogP contribution in [0.2, 0.25) is 0 Å². The van der Waals surface area contributed by atoms with Gasteiger partial charge in [-0.2, -0.15) is 0 Å². The lowest BCUT2D eigenvalue weighted by Gasteiger charge is -2.36. The monoisotopic (exact) mass is 310 g/mol. The quantitative estimate of drug-likeness (QED) is 0.811. The van der Waals surface area contributed by atoms with E-state index in [1.807, 2.05) is 20.8 Å². The second-order valence-electron chi connectivity index (χ2n) is 8.24. The lowest BCUT2D eigenvalue weighted by Crippen LogP contribution is -2.40. The van der Waals surface area contributed by atoms with Crippen molar-refractivity contribution in [3.8, 4) is 0 Å². The van der Waals surface area contributed by atoms with Gasteiger partial charge in [0.1, 0.15) is 5.60 Å². The predicted molar refractivity (Wildman–Crippen MR) is 89.5 cm³/mol. The van der Waals surface area contributed by atoms with Crippen molar-refractivity contribution in [1.82, 2.24) is 4.90 Å². The second kappa shape index (κ2) is 7.78. The molecule has 4 nitrogen and oxygen atoms in total. The number of rotatable bonds is 4. The summed E-state index contributed by atoms with van der Waals surface area (Å²) in [5, 5.41) is 0. The Bertz CT molecular complexity index is 357. The van der Waals surface area contributed by atoms with E-state index in [9.17, 15) is 4.79 Å². The average molecular weight is 310 g/mol. The van der Waals surface area contributed by atoms with E-state index in [-0.39, 0.29) is 17.5 Å². The van der Waals surface area contributed by atoms with Crippen LogP contribution in [0.1, 0.15) is 59.3 Å². The Labute approximate surface area is 135 Å². The van der Waals surface area contributed by atoms with Crippen molar-refractivity contribution in [3.63, 3.8) is 0 Å². The number of hydrogen-bond acceptors (Lipinski definition) is 4. The molecule has 1 heterocycles. The second-order valence-corrected chi connectivity index (χ2v) is 8.24. The molecule has 1 aliphatic heterocycles. The molecular formula is C18H34N2O2. The molecule has 0 bridgehead atoms. The van der Waals surface area contributed by atoms with E-state index in [2.05, 4.69) is 4.90 Å². The number of likely N-dealkylation sites (tertiary alicyclic amines) is 1. The number of ether oxygens (including phenoxy) is 1. The van der Waals surface area contributed by atoms with E-state index in [0.29, 0.717) is 5.92 Å². The highest BCUT2D eigenvalue weighted by Gasteiger charge is 2.32. The maximum atomic E-state index is 12.3. The smallest absolute Gasteiger partial charge is 0.309 e. The van der Waals surface area contributed by atoms with Crippen molar-refractivity contribution in [2.45, 2.75) is 64.9 Å². The number of esters is 1. The van der Waals surface area contributed by atoms with Crippen LogP contribution in [0.15, 0.2) is 0 Å². The SMILES string of the molecule is CC(C)(C)OC(=O)C1CCCC(CN2CCC(CN)CC2)C1. The van der Waals surface area contributed by atoms with Gasteiger partial charge in [-0.15, -0.1) is 0 Å². The van der Waals surface area contributed by atoms with Gasteiger partial charge in [0.15, 0.2) is 0 Å². The van der Waals surface area contributed by atoms with Gasteiger partial charge in [-0.05, 0) is 84.3 Å². The summed E-state index contributed by atoms with van der Waals surface area (Å²) in [5.41, 5.74) is 5.40. The first-order chi connectivity index (χ1) is 10.4. The van der Waals surface area contributed by atoms with Gasteiger partial charge >= 0.3 is 5.97 Å². The molecular weight excluding hydrogens is 276 g/mol. The summed E-state index contributed by atoms with van der Waals surface area (Å²) in [6.07, 6.45) is 6.90. The first-order valence-corrected chi connectivity index (χ1v) is 9.02. The Balaban J connectivity index is 1.77. The number of nitrogens with two attached hydrogens (primary N) is 1. The molecule has 22 heavy (non-hydrogen) atoms. The Morgan fingerprint density at radius 1 is 1.14 bits per heavy atom. The third-order valence-corrected chi connectivity index (χ3v) is 5.08. The van der Waals surface area contributed by atoms with Gasteiger partial charge in [-0.25, -0.2) is 0 Å². The highest BCUT2D eigenvalue weighted by molar-refractivity contribution is 5.73. The molecule has 2 atom stereocenters. The summed E-state index contributed by atoms with van der Waals surface area (Å²) in [5.74, 6) is 1.50. The van der Waals surface area contributed by atoms with E-state index >= 15 is 0 Å². The third-order valence-electron chi connectivity index (χ3n) is 5.08. The van der Waals surface area contributed by atoms with Crippen molar-refractivity contribution < 1.29 is 9.53 Å².